The Hall–Kier alpha value is -2.22. The number of benzene rings is 2. The van der Waals surface area contributed by atoms with Crippen molar-refractivity contribution in [3.63, 3.8) is 0 Å². The molecule has 5 nitrogen and oxygen atoms in total. The predicted octanol–water partition coefficient (Wildman–Crippen LogP) is 3.82. The summed E-state index contributed by atoms with van der Waals surface area (Å²) in [4.78, 5) is 3.97. The molecule has 2 aromatic carbocycles. The van der Waals surface area contributed by atoms with Gasteiger partial charge in [-0.1, -0.05) is 60.7 Å². The van der Waals surface area contributed by atoms with E-state index in [4.69, 9.17) is 5.73 Å². The standard InChI is InChI=1S/C19H18BrN3O2S/c20-17-11-22-12-18(19(17)21)26(24,25)23(13-15-7-3-1-4-8-15)14-16-9-5-2-6-10-16/h1-12H,13-14H2,(H2,21,22). The van der Waals surface area contributed by atoms with Gasteiger partial charge in [-0.15, -0.1) is 0 Å². The van der Waals surface area contributed by atoms with Crippen LogP contribution in [0.3, 0.4) is 0 Å². The molecule has 0 atom stereocenters. The lowest BCUT2D eigenvalue weighted by molar-refractivity contribution is 0.401. The number of anilines is 1. The zero-order valence-electron chi connectivity index (χ0n) is 13.9. The lowest BCUT2D eigenvalue weighted by Gasteiger charge is -2.23. The van der Waals surface area contributed by atoms with Crippen LogP contribution in [0.5, 0.6) is 0 Å². The third-order valence-corrected chi connectivity index (χ3v) is 6.37. The number of hydrogen-bond donors (Lipinski definition) is 1. The highest BCUT2D eigenvalue weighted by molar-refractivity contribution is 9.10. The molecule has 134 valence electrons. The smallest absolute Gasteiger partial charge is 0.247 e. The highest BCUT2D eigenvalue weighted by Crippen LogP contribution is 2.29. The number of nitrogens with two attached hydrogens (primary N) is 1. The largest absolute Gasteiger partial charge is 0.397 e. The molecule has 2 N–H and O–H groups in total. The maximum Gasteiger partial charge on any atom is 0.247 e. The molecular formula is C19H18BrN3O2S. The minimum absolute atomic E-state index is 0.00117. The van der Waals surface area contributed by atoms with Gasteiger partial charge in [0.2, 0.25) is 10.0 Å². The predicted molar refractivity (Wildman–Crippen MR) is 106 cm³/mol. The van der Waals surface area contributed by atoms with Crippen molar-refractivity contribution in [1.29, 1.82) is 0 Å². The van der Waals surface area contributed by atoms with Crippen LogP contribution in [0.2, 0.25) is 0 Å². The van der Waals surface area contributed by atoms with Crippen molar-refractivity contribution >= 4 is 31.6 Å². The van der Waals surface area contributed by atoms with Gasteiger partial charge in [-0.3, -0.25) is 4.98 Å². The van der Waals surface area contributed by atoms with Crippen LogP contribution in [0, 0.1) is 0 Å². The van der Waals surface area contributed by atoms with Gasteiger partial charge in [0, 0.05) is 25.5 Å². The average Bonchev–Trinajstić information content (AvgIpc) is 2.65. The molecule has 0 fully saturated rings. The fraction of sp³-hybridized carbons (Fsp3) is 0.105. The Morgan fingerprint density at radius 2 is 1.38 bits per heavy atom. The lowest BCUT2D eigenvalue weighted by atomic mass is 10.2. The maximum atomic E-state index is 13.3. The second-order valence-corrected chi connectivity index (χ2v) is 8.54. The van der Waals surface area contributed by atoms with Crippen LogP contribution in [0.4, 0.5) is 5.69 Å². The summed E-state index contributed by atoms with van der Waals surface area (Å²) in [5.74, 6) is 0. The molecule has 0 amide bonds. The molecular weight excluding hydrogens is 414 g/mol. The second-order valence-electron chi connectivity index (χ2n) is 5.78. The molecule has 3 aromatic rings. The van der Waals surface area contributed by atoms with E-state index in [1.165, 1.54) is 16.7 Å². The first-order chi connectivity index (χ1) is 12.5. The van der Waals surface area contributed by atoms with E-state index in [1.54, 1.807) is 0 Å². The molecule has 0 saturated heterocycles. The summed E-state index contributed by atoms with van der Waals surface area (Å²) in [7, 11) is -3.83. The number of hydrogen-bond acceptors (Lipinski definition) is 4. The van der Waals surface area contributed by atoms with Gasteiger partial charge in [0.1, 0.15) is 4.90 Å². The van der Waals surface area contributed by atoms with Crippen LogP contribution >= 0.6 is 15.9 Å². The van der Waals surface area contributed by atoms with Crippen LogP contribution in [0.1, 0.15) is 11.1 Å². The Bertz CT molecular complexity index is 939. The first-order valence-corrected chi connectivity index (χ1v) is 10.2. The van der Waals surface area contributed by atoms with E-state index in [9.17, 15) is 8.42 Å². The van der Waals surface area contributed by atoms with E-state index in [0.717, 1.165) is 11.1 Å². The summed E-state index contributed by atoms with van der Waals surface area (Å²) in [6.45, 7) is 0.480. The third kappa shape index (κ3) is 4.12. The molecule has 0 radical (unpaired) electrons. The van der Waals surface area contributed by atoms with Crippen molar-refractivity contribution < 1.29 is 8.42 Å². The molecule has 3 rings (SSSR count). The van der Waals surface area contributed by atoms with E-state index in [2.05, 4.69) is 20.9 Å². The molecule has 0 unspecified atom stereocenters. The Balaban J connectivity index is 2.02. The lowest BCUT2D eigenvalue weighted by Crippen LogP contribution is -2.31. The van der Waals surface area contributed by atoms with Crippen molar-refractivity contribution in [2.45, 2.75) is 18.0 Å². The minimum Gasteiger partial charge on any atom is -0.397 e. The Labute approximate surface area is 161 Å². The van der Waals surface area contributed by atoms with Crippen molar-refractivity contribution in [2.24, 2.45) is 0 Å². The molecule has 1 aromatic heterocycles. The quantitative estimate of drug-likeness (QED) is 0.643. The summed E-state index contributed by atoms with van der Waals surface area (Å²) >= 11 is 3.25. The fourth-order valence-electron chi connectivity index (χ4n) is 2.57. The van der Waals surface area contributed by atoms with E-state index >= 15 is 0 Å². The molecule has 0 bridgehead atoms. The van der Waals surface area contributed by atoms with Crippen LogP contribution in [0.15, 0.2) is 82.4 Å². The maximum absolute atomic E-state index is 13.3. The Morgan fingerprint density at radius 1 is 0.885 bits per heavy atom. The molecule has 26 heavy (non-hydrogen) atoms. The van der Waals surface area contributed by atoms with Gasteiger partial charge in [0.25, 0.3) is 0 Å². The zero-order valence-corrected chi connectivity index (χ0v) is 16.3. The highest BCUT2D eigenvalue weighted by atomic mass is 79.9. The second kappa shape index (κ2) is 7.99. The average molecular weight is 432 g/mol. The van der Waals surface area contributed by atoms with Gasteiger partial charge in [-0.25, -0.2) is 8.42 Å². The van der Waals surface area contributed by atoms with Gasteiger partial charge >= 0.3 is 0 Å². The number of nitrogen functional groups attached to an aromatic ring is 1. The van der Waals surface area contributed by atoms with Gasteiger partial charge in [-0.05, 0) is 27.1 Å². The molecule has 1 heterocycles. The summed E-state index contributed by atoms with van der Waals surface area (Å²) in [6, 6.07) is 18.9. The summed E-state index contributed by atoms with van der Waals surface area (Å²) in [5, 5.41) is 0. The first kappa shape index (κ1) is 18.6. The first-order valence-electron chi connectivity index (χ1n) is 7.95. The number of rotatable bonds is 6. The number of halogens is 1. The van der Waals surface area contributed by atoms with Crippen molar-refractivity contribution in [3.8, 4) is 0 Å². The van der Waals surface area contributed by atoms with E-state index < -0.39 is 10.0 Å². The zero-order chi connectivity index (χ0) is 18.6. The number of nitrogens with zero attached hydrogens (tertiary/aromatic N) is 2. The number of sulfonamides is 1. The minimum atomic E-state index is -3.83. The van der Waals surface area contributed by atoms with E-state index in [0.29, 0.717) is 4.47 Å². The van der Waals surface area contributed by atoms with Gasteiger partial charge in [-0.2, -0.15) is 4.31 Å². The van der Waals surface area contributed by atoms with Crippen LogP contribution < -0.4 is 5.73 Å². The molecule has 7 heteroatoms. The highest BCUT2D eigenvalue weighted by Gasteiger charge is 2.28. The van der Waals surface area contributed by atoms with Gasteiger partial charge in [0.05, 0.1) is 10.2 Å². The fourth-order valence-corrected chi connectivity index (χ4v) is 4.53. The van der Waals surface area contributed by atoms with E-state index in [1.807, 2.05) is 60.7 Å². The monoisotopic (exact) mass is 431 g/mol. The Morgan fingerprint density at radius 3 is 1.88 bits per heavy atom. The SMILES string of the molecule is Nc1c(Br)cncc1S(=O)(=O)N(Cc1ccccc1)Cc1ccccc1. The topological polar surface area (TPSA) is 76.3 Å². The van der Waals surface area contributed by atoms with E-state index in [-0.39, 0.29) is 23.7 Å². The van der Waals surface area contributed by atoms with Crippen LogP contribution in [-0.2, 0) is 23.1 Å². The normalized spacial score (nSPS) is 11.6. The molecule has 0 aliphatic rings. The summed E-state index contributed by atoms with van der Waals surface area (Å²) < 4.78 is 28.5. The van der Waals surface area contributed by atoms with Crippen molar-refractivity contribution in [2.75, 3.05) is 5.73 Å². The Kier molecular flexibility index (Phi) is 5.70. The van der Waals surface area contributed by atoms with Crippen molar-refractivity contribution in [1.82, 2.24) is 9.29 Å². The summed E-state index contributed by atoms with van der Waals surface area (Å²) in [6.07, 6.45) is 2.77. The van der Waals surface area contributed by atoms with Crippen LogP contribution in [0.25, 0.3) is 0 Å². The number of aromatic nitrogens is 1. The molecule has 0 aliphatic carbocycles. The van der Waals surface area contributed by atoms with Gasteiger partial charge < -0.3 is 5.73 Å². The van der Waals surface area contributed by atoms with Crippen molar-refractivity contribution in [3.05, 3.63) is 88.7 Å². The molecule has 0 saturated carbocycles. The number of pyridine rings is 1. The molecule has 0 aliphatic heterocycles. The summed E-state index contributed by atoms with van der Waals surface area (Å²) in [5.41, 5.74) is 7.95. The third-order valence-electron chi connectivity index (χ3n) is 3.92. The molecule has 0 spiro atoms. The van der Waals surface area contributed by atoms with Crippen LogP contribution in [-0.4, -0.2) is 17.7 Å². The van der Waals surface area contributed by atoms with Gasteiger partial charge in [0.15, 0.2) is 0 Å².